The van der Waals surface area contributed by atoms with E-state index in [2.05, 4.69) is 20.9 Å². The van der Waals surface area contributed by atoms with Crippen molar-refractivity contribution in [2.45, 2.75) is 101 Å². The molecule has 4 saturated heterocycles. The number of hydrogen-bond donors (Lipinski definition) is 4. The van der Waals surface area contributed by atoms with Crippen molar-refractivity contribution in [3.63, 3.8) is 0 Å². The van der Waals surface area contributed by atoms with Crippen LogP contribution < -0.4 is 27.4 Å². The Kier molecular flexibility index (Phi) is 14.3. The van der Waals surface area contributed by atoms with E-state index in [1.165, 1.54) is 4.57 Å². The van der Waals surface area contributed by atoms with E-state index in [1.807, 2.05) is 78.9 Å². The zero-order chi connectivity index (χ0) is 47.4. The van der Waals surface area contributed by atoms with Gasteiger partial charge in [0.05, 0.1) is 29.5 Å². The first-order valence-corrected chi connectivity index (χ1v) is 23.6. The highest BCUT2D eigenvalue weighted by molar-refractivity contribution is 6.00. The van der Waals surface area contributed by atoms with E-state index < -0.39 is 53.7 Å². The smallest absolute Gasteiger partial charge is 0.329 e. The van der Waals surface area contributed by atoms with Gasteiger partial charge in [-0.05, 0) is 99.2 Å². The zero-order valence-corrected chi connectivity index (χ0v) is 38.2. The van der Waals surface area contributed by atoms with Gasteiger partial charge in [-0.3, -0.25) is 52.9 Å². The third-order valence-corrected chi connectivity index (χ3v) is 14.2. The van der Waals surface area contributed by atoms with E-state index in [1.54, 1.807) is 28.3 Å². The maximum absolute atomic E-state index is 14.1. The van der Waals surface area contributed by atoms with Gasteiger partial charge in [0, 0.05) is 39.0 Å². The number of fused-ring (bicyclic) bond motifs is 2. The van der Waals surface area contributed by atoms with E-state index in [0.29, 0.717) is 37.2 Å². The van der Waals surface area contributed by atoms with Crippen LogP contribution in [-0.4, -0.2) is 116 Å². The third-order valence-electron chi connectivity index (χ3n) is 14.2. The fourth-order valence-corrected chi connectivity index (χ4v) is 10.5. The van der Waals surface area contributed by atoms with E-state index in [0.717, 1.165) is 54.6 Å². The molecule has 0 saturated carbocycles. The number of primary amides is 1. The van der Waals surface area contributed by atoms with Gasteiger partial charge >= 0.3 is 5.69 Å². The number of aryl methyl sites for hydroxylation is 1. The second-order valence-electron chi connectivity index (χ2n) is 18.8. The van der Waals surface area contributed by atoms with Crippen molar-refractivity contribution in [2.75, 3.05) is 32.7 Å². The molecule has 354 valence electrons. The maximum Gasteiger partial charge on any atom is 0.329 e. The summed E-state index contributed by atoms with van der Waals surface area (Å²) in [5.41, 5.74) is 9.37. The Morgan fingerprint density at radius 2 is 1.49 bits per heavy atom. The number of benzene rings is 3. The number of hydrogen-bond acceptors (Lipinski definition) is 9. The molecule has 3 aromatic carbocycles. The molecule has 4 aromatic rings. The van der Waals surface area contributed by atoms with Crippen LogP contribution in [0.4, 0.5) is 0 Å². The molecule has 4 aliphatic heterocycles. The number of likely N-dealkylation sites (tertiary alicyclic amines) is 1. The third kappa shape index (κ3) is 10.5. The molecule has 5 heterocycles. The minimum atomic E-state index is -1.08. The predicted molar refractivity (Wildman–Crippen MR) is 249 cm³/mol. The number of amides is 7. The number of rotatable bonds is 14. The van der Waals surface area contributed by atoms with Crippen LogP contribution in [0.1, 0.15) is 93.5 Å². The van der Waals surface area contributed by atoms with E-state index >= 15 is 0 Å². The molecule has 4 fully saturated rings. The summed E-state index contributed by atoms with van der Waals surface area (Å²) in [5, 5.41) is 8.32. The average molecular weight is 916 g/mol. The van der Waals surface area contributed by atoms with Gasteiger partial charge in [0.15, 0.2) is 0 Å². The average Bonchev–Trinajstić information content (AvgIpc) is 3.85. The lowest BCUT2D eigenvalue weighted by molar-refractivity contribution is -0.147. The van der Waals surface area contributed by atoms with Crippen LogP contribution >= 0.6 is 0 Å². The number of nitrogens with one attached hydrogen (secondary N) is 3. The van der Waals surface area contributed by atoms with Gasteiger partial charge in [-0.25, -0.2) is 4.79 Å². The number of piperidine rings is 2. The standard InChI is InChI=1S/C50H61N9O8/c1-31-29-57(44(62)30-56-24-21-32(22-25-56)27-33-13-16-38-41(28-33)55(2)50(67)59(38)40-18-20-43(61)53-48(40)65)26-23-36-14-17-39(58(36)49(31)66)47(64)52-37(15-19-42(51)60)46(63)54-45(34-9-5-3-6-10-34)35-11-7-4-8-12-35/h3-13,16,28,31-32,36-37,39-40,45H,14-15,17-27,29-30H2,1-2H3,(H2,51,60)(H,52,64)(H,54,63)(H,53,61,65)/t31-,36+,37-,39-,40?/m0/s1. The van der Waals surface area contributed by atoms with Crippen molar-refractivity contribution in [1.29, 1.82) is 0 Å². The number of carbonyl (C=O) groups excluding carboxylic acids is 7. The molecule has 0 radical (unpaired) electrons. The lowest BCUT2D eigenvalue weighted by Crippen LogP contribution is -2.57. The number of imide groups is 1. The minimum Gasteiger partial charge on any atom is -0.370 e. The first kappa shape index (κ1) is 46.9. The van der Waals surface area contributed by atoms with Crippen molar-refractivity contribution < 1.29 is 33.6 Å². The normalized spacial score (nSPS) is 22.2. The molecule has 0 aliphatic carbocycles. The summed E-state index contributed by atoms with van der Waals surface area (Å²) in [6, 6.07) is 21.5. The first-order chi connectivity index (χ1) is 32.2. The summed E-state index contributed by atoms with van der Waals surface area (Å²) < 4.78 is 3.04. The molecule has 1 unspecified atom stereocenters. The molecule has 4 aliphatic rings. The molecule has 0 bridgehead atoms. The highest BCUT2D eigenvalue weighted by Gasteiger charge is 2.45. The zero-order valence-electron chi connectivity index (χ0n) is 38.2. The Balaban J connectivity index is 0.847. The molecule has 8 rings (SSSR count). The number of carbonyl (C=O) groups is 7. The van der Waals surface area contributed by atoms with E-state index in [-0.39, 0.29) is 68.2 Å². The van der Waals surface area contributed by atoms with Crippen molar-refractivity contribution in [2.24, 2.45) is 24.6 Å². The Labute approximate surface area is 389 Å². The second-order valence-corrected chi connectivity index (χ2v) is 18.8. The Morgan fingerprint density at radius 1 is 0.806 bits per heavy atom. The van der Waals surface area contributed by atoms with Gasteiger partial charge in [-0.15, -0.1) is 0 Å². The van der Waals surface area contributed by atoms with Gasteiger partial charge in [0.1, 0.15) is 18.1 Å². The molecule has 17 nitrogen and oxygen atoms in total. The molecule has 5 atom stereocenters. The molecular formula is C50H61N9O8. The lowest BCUT2D eigenvalue weighted by atomic mass is 9.90. The number of imidazole rings is 1. The highest BCUT2D eigenvalue weighted by atomic mass is 16.2. The molecule has 0 spiro atoms. The van der Waals surface area contributed by atoms with Crippen LogP contribution in [0.2, 0.25) is 0 Å². The van der Waals surface area contributed by atoms with Gasteiger partial charge in [-0.2, -0.15) is 0 Å². The fraction of sp³-hybridized carbons (Fsp3) is 0.480. The maximum atomic E-state index is 14.1. The quantitative estimate of drug-likeness (QED) is 0.137. The lowest BCUT2D eigenvalue weighted by Gasteiger charge is -2.39. The van der Waals surface area contributed by atoms with Gasteiger partial charge in [0.25, 0.3) is 0 Å². The summed E-state index contributed by atoms with van der Waals surface area (Å²) >= 11 is 0. The fourth-order valence-electron chi connectivity index (χ4n) is 10.5. The van der Waals surface area contributed by atoms with Gasteiger partial charge < -0.3 is 26.2 Å². The molecule has 7 amide bonds. The summed E-state index contributed by atoms with van der Waals surface area (Å²) in [7, 11) is 1.69. The van der Waals surface area contributed by atoms with Crippen LogP contribution in [-0.2, 0) is 47.0 Å². The SMILES string of the molecule is C[C@H]1CN(C(=O)CN2CCC(Cc3ccc4c(c3)n(C)c(=O)n4C3CCC(=O)NC3=O)CC2)CC[C@H]2CC[C@@H](C(=O)N[C@@H](CCC(N)=O)C(=O)NC(c3ccccc3)c3ccccc3)N2C1=O. The van der Waals surface area contributed by atoms with Crippen molar-refractivity contribution in [3.8, 4) is 0 Å². The number of nitrogens with zero attached hydrogens (tertiary/aromatic N) is 5. The summed E-state index contributed by atoms with van der Waals surface area (Å²) in [4.78, 5) is 111. The molecule has 17 heteroatoms. The van der Waals surface area contributed by atoms with Gasteiger partial charge in [0.2, 0.25) is 41.4 Å². The molecule has 5 N–H and O–H groups in total. The number of nitrogens with two attached hydrogens (primary N) is 1. The monoisotopic (exact) mass is 915 g/mol. The van der Waals surface area contributed by atoms with Crippen LogP contribution in [0.25, 0.3) is 11.0 Å². The van der Waals surface area contributed by atoms with E-state index in [4.69, 9.17) is 5.73 Å². The van der Waals surface area contributed by atoms with Crippen LogP contribution in [0, 0.1) is 11.8 Å². The minimum absolute atomic E-state index is 0.0112. The summed E-state index contributed by atoms with van der Waals surface area (Å²) in [6.07, 6.45) is 4.41. The van der Waals surface area contributed by atoms with Crippen LogP contribution in [0.15, 0.2) is 83.7 Å². The summed E-state index contributed by atoms with van der Waals surface area (Å²) in [5.74, 6) is -2.75. The summed E-state index contributed by atoms with van der Waals surface area (Å²) in [6.45, 7) is 4.21. The highest BCUT2D eigenvalue weighted by Crippen LogP contribution is 2.32. The Bertz CT molecular complexity index is 2530. The predicted octanol–water partition coefficient (Wildman–Crippen LogP) is 2.46. The molecular weight excluding hydrogens is 855 g/mol. The largest absolute Gasteiger partial charge is 0.370 e. The molecule has 67 heavy (non-hydrogen) atoms. The van der Waals surface area contributed by atoms with Crippen molar-refractivity contribution in [1.82, 2.24) is 39.8 Å². The first-order valence-electron chi connectivity index (χ1n) is 23.6. The second kappa shape index (κ2) is 20.5. The Morgan fingerprint density at radius 3 is 2.15 bits per heavy atom. The molecule has 1 aromatic heterocycles. The van der Waals surface area contributed by atoms with Crippen molar-refractivity contribution in [3.05, 3.63) is 106 Å². The number of aromatic nitrogens is 2. The Hall–Kier alpha value is -6.62. The van der Waals surface area contributed by atoms with Crippen LogP contribution in [0.3, 0.4) is 0 Å². The van der Waals surface area contributed by atoms with Crippen molar-refractivity contribution >= 4 is 52.4 Å². The topological polar surface area (TPSA) is 218 Å². The van der Waals surface area contributed by atoms with Crippen LogP contribution in [0.5, 0.6) is 0 Å². The van der Waals surface area contributed by atoms with Gasteiger partial charge in [-0.1, -0.05) is 73.7 Å². The van der Waals surface area contributed by atoms with E-state index in [9.17, 15) is 38.4 Å².